The predicted molar refractivity (Wildman–Crippen MR) is 125 cm³/mol. The number of Topliss-reactive ketones (excluding diaryl/α,β-unsaturated/α-hetero) is 1. The molecule has 4 rings (SSSR count). The van der Waals surface area contributed by atoms with Crippen molar-refractivity contribution in [1.29, 1.82) is 0 Å². The van der Waals surface area contributed by atoms with E-state index in [-0.39, 0.29) is 23.2 Å². The van der Waals surface area contributed by atoms with Gasteiger partial charge >= 0.3 is 5.97 Å². The van der Waals surface area contributed by atoms with Gasteiger partial charge in [0.05, 0.1) is 19.1 Å². The number of ketones is 1. The molecular weight excluding hydrogens is 402 g/mol. The Morgan fingerprint density at radius 3 is 2.78 bits per heavy atom. The van der Waals surface area contributed by atoms with E-state index >= 15 is 0 Å². The number of carbonyl (C=O) groups excluding carboxylic acids is 2. The molecule has 1 N–H and O–H groups in total. The van der Waals surface area contributed by atoms with E-state index in [1.165, 1.54) is 6.08 Å². The van der Waals surface area contributed by atoms with Gasteiger partial charge in [-0.2, -0.15) is 0 Å². The first kappa shape index (κ1) is 22.6. The fourth-order valence-corrected chi connectivity index (χ4v) is 6.33. The summed E-state index contributed by atoms with van der Waals surface area (Å²) in [5, 5.41) is 3.63. The van der Waals surface area contributed by atoms with Gasteiger partial charge in [0.2, 0.25) is 0 Å². The number of benzene rings is 1. The number of esters is 1. The first-order chi connectivity index (χ1) is 15.2. The van der Waals surface area contributed by atoms with Gasteiger partial charge in [0.25, 0.3) is 0 Å². The quantitative estimate of drug-likeness (QED) is 0.408. The Kier molecular flexibility index (Phi) is 5.95. The van der Waals surface area contributed by atoms with Gasteiger partial charge in [-0.25, -0.2) is 4.79 Å². The van der Waals surface area contributed by atoms with E-state index < -0.39 is 11.4 Å². The van der Waals surface area contributed by atoms with Gasteiger partial charge in [-0.15, -0.1) is 0 Å². The lowest BCUT2D eigenvalue weighted by Crippen LogP contribution is -2.48. The van der Waals surface area contributed by atoms with E-state index in [0.29, 0.717) is 18.7 Å². The van der Waals surface area contributed by atoms with Gasteiger partial charge in [0.15, 0.2) is 0 Å². The minimum Gasteiger partial charge on any atom is -0.496 e. The number of nitrogens with one attached hydrogen (secondary N) is 1. The highest BCUT2D eigenvalue weighted by Crippen LogP contribution is 2.59. The average molecular weight is 438 g/mol. The van der Waals surface area contributed by atoms with Crippen molar-refractivity contribution in [2.75, 3.05) is 13.7 Å². The van der Waals surface area contributed by atoms with Crippen LogP contribution in [-0.4, -0.2) is 31.0 Å². The molecule has 5 nitrogen and oxygen atoms in total. The molecule has 1 saturated carbocycles. The smallest absolute Gasteiger partial charge is 0.332 e. The summed E-state index contributed by atoms with van der Waals surface area (Å²) >= 11 is 0. The summed E-state index contributed by atoms with van der Waals surface area (Å²) in [7, 11) is 1.67. The number of methoxy groups -OCH3 is 1. The molecule has 3 aliphatic rings. The summed E-state index contributed by atoms with van der Waals surface area (Å²) in [6.07, 6.45) is 8.28. The Morgan fingerprint density at radius 2 is 2.06 bits per heavy atom. The Labute approximate surface area is 191 Å². The first-order valence-corrected chi connectivity index (χ1v) is 11.8. The molecule has 0 bridgehead atoms. The van der Waals surface area contributed by atoms with E-state index in [9.17, 15) is 9.59 Å². The molecule has 1 heterocycles. The van der Waals surface area contributed by atoms with Crippen LogP contribution in [0.15, 0.2) is 41.6 Å². The van der Waals surface area contributed by atoms with Crippen molar-refractivity contribution in [2.45, 2.75) is 71.3 Å². The number of fused-ring (bicyclic) bond motifs is 2. The van der Waals surface area contributed by atoms with Crippen molar-refractivity contribution in [3.05, 3.63) is 52.7 Å². The Balaban J connectivity index is 1.84. The van der Waals surface area contributed by atoms with Crippen LogP contribution >= 0.6 is 0 Å². The molecule has 0 radical (unpaired) electrons. The van der Waals surface area contributed by atoms with Gasteiger partial charge in [-0.3, -0.25) is 4.79 Å². The van der Waals surface area contributed by atoms with Crippen LogP contribution < -0.4 is 10.1 Å². The molecule has 1 saturated heterocycles. The summed E-state index contributed by atoms with van der Waals surface area (Å²) in [4.78, 5) is 26.5. The topological polar surface area (TPSA) is 64.6 Å². The Hall–Kier alpha value is -2.56. The molecule has 1 aromatic carbocycles. The zero-order valence-electron chi connectivity index (χ0n) is 19.9. The van der Waals surface area contributed by atoms with E-state index in [2.05, 4.69) is 38.2 Å². The zero-order chi connectivity index (χ0) is 23.1. The number of allylic oxidation sites excluding steroid dienone is 2. The number of hydrogen-bond acceptors (Lipinski definition) is 5. The predicted octanol–water partition coefficient (Wildman–Crippen LogP) is 4.99. The summed E-state index contributed by atoms with van der Waals surface area (Å²) in [6.45, 7) is 8.49. The summed E-state index contributed by atoms with van der Waals surface area (Å²) in [5.74, 6) is 0.703. The highest BCUT2D eigenvalue weighted by Gasteiger charge is 2.62. The molecule has 32 heavy (non-hydrogen) atoms. The van der Waals surface area contributed by atoms with Crippen molar-refractivity contribution < 1.29 is 19.1 Å². The van der Waals surface area contributed by atoms with Crippen LogP contribution in [0.1, 0.15) is 69.9 Å². The molecule has 4 atom stereocenters. The molecule has 1 aromatic rings. The standard InChI is InChI=1S/C27H35NO4/c1-6-32-25(30)15-23-27(22-9-7-8-12-26(22,4)28-23)16-18(3)19(14-24(27)29)20-13-17(2)10-11-21(20)31-5/h10-11,13,15-16,19,22,28H,6-9,12,14H2,1-5H3/b23-15-/t19-,22+,26-,27+/m0/s1. The third-order valence-electron chi connectivity index (χ3n) is 7.79. The molecule has 2 aliphatic carbocycles. The molecule has 1 aliphatic heterocycles. The molecule has 5 heteroatoms. The SMILES string of the molecule is CCOC(=O)/C=C1\N[C@@]2(C)CCCC[C@H]2[C@]12C=C(C)[C@@H](c1cc(C)ccc1OC)CC2=O. The minimum absolute atomic E-state index is 0.0257. The number of aryl methyl sites for hydroxylation is 1. The van der Waals surface area contributed by atoms with Crippen molar-refractivity contribution in [1.82, 2.24) is 5.32 Å². The summed E-state index contributed by atoms with van der Waals surface area (Å²) < 4.78 is 10.8. The summed E-state index contributed by atoms with van der Waals surface area (Å²) in [5.41, 5.74) is 3.07. The number of carbonyl (C=O) groups is 2. The lowest BCUT2D eigenvalue weighted by molar-refractivity contribution is -0.137. The maximum absolute atomic E-state index is 14.1. The molecule has 172 valence electrons. The minimum atomic E-state index is -0.792. The molecule has 0 aromatic heterocycles. The first-order valence-electron chi connectivity index (χ1n) is 11.8. The number of ether oxygens (including phenoxy) is 2. The van der Waals surface area contributed by atoms with E-state index in [0.717, 1.165) is 48.1 Å². The second kappa shape index (κ2) is 8.42. The van der Waals surface area contributed by atoms with Crippen molar-refractivity contribution >= 4 is 11.8 Å². The highest BCUT2D eigenvalue weighted by atomic mass is 16.5. The fourth-order valence-electron chi connectivity index (χ4n) is 6.33. The second-order valence-electron chi connectivity index (χ2n) is 9.83. The average Bonchev–Trinajstić information content (AvgIpc) is 2.99. The van der Waals surface area contributed by atoms with Crippen LogP contribution in [-0.2, 0) is 14.3 Å². The van der Waals surface area contributed by atoms with Gasteiger partial charge in [0.1, 0.15) is 11.5 Å². The number of rotatable bonds is 4. The van der Waals surface area contributed by atoms with Crippen LogP contribution in [0.2, 0.25) is 0 Å². The van der Waals surface area contributed by atoms with Crippen LogP contribution in [0.4, 0.5) is 0 Å². The van der Waals surface area contributed by atoms with Gasteiger partial charge in [0, 0.05) is 41.1 Å². The van der Waals surface area contributed by atoms with Crippen LogP contribution in [0.5, 0.6) is 5.75 Å². The highest BCUT2D eigenvalue weighted by molar-refractivity contribution is 5.96. The maximum Gasteiger partial charge on any atom is 0.332 e. The van der Waals surface area contributed by atoms with Crippen molar-refractivity contribution in [3.8, 4) is 5.75 Å². The lowest BCUT2D eigenvalue weighted by atomic mass is 9.57. The second-order valence-corrected chi connectivity index (χ2v) is 9.83. The van der Waals surface area contributed by atoms with Crippen LogP contribution in [0, 0.1) is 18.3 Å². The van der Waals surface area contributed by atoms with Crippen molar-refractivity contribution in [2.24, 2.45) is 11.3 Å². The molecule has 2 fully saturated rings. The van der Waals surface area contributed by atoms with Crippen molar-refractivity contribution in [3.63, 3.8) is 0 Å². The van der Waals surface area contributed by atoms with Crippen LogP contribution in [0.3, 0.4) is 0 Å². The summed E-state index contributed by atoms with van der Waals surface area (Å²) in [6, 6.07) is 6.13. The number of hydrogen-bond donors (Lipinski definition) is 1. The van der Waals surface area contributed by atoms with Gasteiger partial charge in [-0.05, 0) is 46.6 Å². The molecular formula is C27H35NO4. The van der Waals surface area contributed by atoms with E-state index in [4.69, 9.17) is 9.47 Å². The Morgan fingerprint density at radius 1 is 1.28 bits per heavy atom. The zero-order valence-corrected chi connectivity index (χ0v) is 19.9. The monoisotopic (exact) mass is 437 g/mol. The van der Waals surface area contributed by atoms with E-state index in [1.54, 1.807) is 14.0 Å². The Bertz CT molecular complexity index is 993. The normalized spacial score (nSPS) is 33.0. The fraction of sp³-hybridized carbons (Fsp3) is 0.556. The molecule has 0 unspecified atom stereocenters. The third kappa shape index (κ3) is 3.56. The maximum atomic E-state index is 14.1. The lowest BCUT2D eigenvalue weighted by Gasteiger charge is -2.43. The van der Waals surface area contributed by atoms with Gasteiger partial charge < -0.3 is 14.8 Å². The molecule has 1 spiro atoms. The molecule has 0 amide bonds. The van der Waals surface area contributed by atoms with Gasteiger partial charge in [-0.1, -0.05) is 42.2 Å². The third-order valence-corrected chi connectivity index (χ3v) is 7.79. The van der Waals surface area contributed by atoms with E-state index in [1.807, 2.05) is 12.1 Å². The van der Waals surface area contributed by atoms with Crippen LogP contribution in [0.25, 0.3) is 0 Å². The largest absolute Gasteiger partial charge is 0.496 e.